The highest BCUT2D eigenvalue weighted by Crippen LogP contribution is 2.39. The molecule has 1 aromatic carbocycles. The lowest BCUT2D eigenvalue weighted by Crippen LogP contribution is -2.25. The number of aromatic nitrogens is 3. The Morgan fingerprint density at radius 1 is 1.16 bits per heavy atom. The Morgan fingerprint density at radius 2 is 2.00 bits per heavy atom. The summed E-state index contributed by atoms with van der Waals surface area (Å²) in [5, 5.41) is 19.3. The van der Waals surface area contributed by atoms with Gasteiger partial charge in [0, 0.05) is 30.7 Å². The van der Waals surface area contributed by atoms with Gasteiger partial charge in [-0.1, -0.05) is 48.5 Å². The minimum absolute atomic E-state index is 0.346. The van der Waals surface area contributed by atoms with Crippen LogP contribution in [0.25, 0.3) is 11.3 Å². The van der Waals surface area contributed by atoms with Crippen molar-refractivity contribution in [2.45, 2.75) is 58.5 Å². The Hall–Kier alpha value is -3.52. The summed E-state index contributed by atoms with van der Waals surface area (Å²) in [7, 11) is 0. The minimum Gasteiger partial charge on any atom is -0.359 e. The monoisotopic (exact) mass is 513 g/mol. The number of anilines is 2. The maximum Gasteiger partial charge on any atom is 0.225 e. The van der Waals surface area contributed by atoms with E-state index in [0.29, 0.717) is 48.2 Å². The van der Waals surface area contributed by atoms with Gasteiger partial charge in [-0.2, -0.15) is 4.98 Å². The van der Waals surface area contributed by atoms with E-state index in [-0.39, 0.29) is 0 Å². The minimum atomic E-state index is 0.346. The zero-order chi connectivity index (χ0) is 26.3. The summed E-state index contributed by atoms with van der Waals surface area (Å²) in [6, 6.07) is 13.9. The fourth-order valence-corrected chi connectivity index (χ4v) is 5.15. The van der Waals surface area contributed by atoms with E-state index in [2.05, 4.69) is 34.2 Å². The lowest BCUT2D eigenvalue weighted by atomic mass is 9.99. The molecule has 2 atom stereocenters. The van der Waals surface area contributed by atoms with Crippen molar-refractivity contribution in [1.29, 1.82) is 5.41 Å². The van der Waals surface area contributed by atoms with Crippen molar-refractivity contribution < 1.29 is 4.52 Å². The first-order valence-corrected chi connectivity index (χ1v) is 13.9. The molecule has 1 aliphatic heterocycles. The first-order chi connectivity index (χ1) is 18.6. The molecule has 0 spiro atoms. The fourth-order valence-electron chi connectivity index (χ4n) is 5.15. The number of nitrogens with zero attached hydrogens (tertiary/aromatic N) is 4. The van der Waals surface area contributed by atoms with Crippen molar-refractivity contribution in [3.05, 3.63) is 66.6 Å². The molecule has 1 aliphatic carbocycles. The van der Waals surface area contributed by atoms with Gasteiger partial charge in [-0.3, -0.25) is 10.3 Å². The van der Waals surface area contributed by atoms with E-state index in [9.17, 15) is 0 Å². The molecule has 5 rings (SSSR count). The second-order valence-electron chi connectivity index (χ2n) is 10.8. The Kier molecular flexibility index (Phi) is 8.48. The van der Waals surface area contributed by atoms with Crippen LogP contribution in [-0.2, 0) is 13.1 Å². The first kappa shape index (κ1) is 26.1. The predicted octanol–water partition coefficient (Wildman–Crippen LogP) is 6.36. The van der Waals surface area contributed by atoms with Crippen LogP contribution in [-0.4, -0.2) is 38.9 Å². The summed E-state index contributed by atoms with van der Waals surface area (Å²) < 4.78 is 5.56. The van der Waals surface area contributed by atoms with Crippen LogP contribution in [0.2, 0.25) is 0 Å². The van der Waals surface area contributed by atoms with Gasteiger partial charge < -0.3 is 15.2 Å². The number of benzene rings is 1. The van der Waals surface area contributed by atoms with Gasteiger partial charge in [-0.15, -0.1) is 6.58 Å². The van der Waals surface area contributed by atoms with Gasteiger partial charge in [0.25, 0.3) is 0 Å². The van der Waals surface area contributed by atoms with E-state index in [1.54, 1.807) is 0 Å². The average molecular weight is 514 g/mol. The van der Waals surface area contributed by atoms with Crippen LogP contribution in [0.4, 0.5) is 11.8 Å². The molecule has 38 heavy (non-hydrogen) atoms. The molecule has 8 heteroatoms. The number of allylic oxidation sites excluding steroid dienone is 1. The molecule has 3 heterocycles. The number of amidine groups is 1. The van der Waals surface area contributed by atoms with Crippen LogP contribution >= 0.6 is 0 Å². The smallest absolute Gasteiger partial charge is 0.225 e. The van der Waals surface area contributed by atoms with Gasteiger partial charge in [-0.05, 0) is 62.9 Å². The third kappa shape index (κ3) is 7.28. The highest BCUT2D eigenvalue weighted by molar-refractivity contribution is 5.92. The molecule has 2 aromatic heterocycles. The molecule has 2 aliphatic rings. The van der Waals surface area contributed by atoms with E-state index in [0.717, 1.165) is 42.5 Å². The lowest BCUT2D eigenvalue weighted by Gasteiger charge is -2.20. The van der Waals surface area contributed by atoms with Gasteiger partial charge in [-0.25, -0.2) is 4.98 Å². The molecule has 8 nitrogen and oxygen atoms in total. The second-order valence-corrected chi connectivity index (χ2v) is 10.8. The van der Waals surface area contributed by atoms with Gasteiger partial charge in [0.1, 0.15) is 11.5 Å². The molecular weight excluding hydrogens is 474 g/mol. The Bertz CT molecular complexity index is 1220. The number of nitrogens with one attached hydrogen (secondary N) is 3. The van der Waals surface area contributed by atoms with Crippen LogP contribution in [0.3, 0.4) is 0 Å². The van der Waals surface area contributed by atoms with Crippen molar-refractivity contribution in [2.24, 2.45) is 17.8 Å². The van der Waals surface area contributed by atoms with E-state index in [1.165, 1.54) is 32.1 Å². The van der Waals surface area contributed by atoms with Crippen LogP contribution in [0.5, 0.6) is 0 Å². The maximum atomic E-state index is 8.57. The lowest BCUT2D eigenvalue weighted by molar-refractivity contribution is 0.270. The third-order valence-corrected chi connectivity index (χ3v) is 7.57. The number of hydrogen-bond acceptors (Lipinski definition) is 7. The maximum absolute atomic E-state index is 8.57. The van der Waals surface area contributed by atoms with E-state index in [1.807, 2.05) is 48.5 Å². The number of rotatable bonds is 11. The second kappa shape index (κ2) is 12.3. The summed E-state index contributed by atoms with van der Waals surface area (Å²) in [6.07, 6.45) is 8.83. The SMILES string of the molecule is C=CC(CC(=N)Nc1cc(CN2CCCC(C)CC2)nc(NCc2cc(-c3ccccc3)no2)n1)C1CC1. The Labute approximate surface area is 225 Å². The van der Waals surface area contributed by atoms with Crippen molar-refractivity contribution in [2.75, 3.05) is 23.7 Å². The average Bonchev–Trinajstić information content (AvgIpc) is 3.69. The van der Waals surface area contributed by atoms with Gasteiger partial charge in [0.05, 0.1) is 18.1 Å². The standard InChI is InChI=1S/C30H39N7O/c1-3-22(23-11-12-23)16-28(31)34-29-17-25(20-37-14-7-8-21(2)13-15-37)33-30(35-29)32-19-26-18-27(36-38-26)24-9-5-4-6-10-24/h3-6,9-10,17-18,21-23H,1,7-8,11-16,19-20H2,2H3,(H3,31,32,33,34,35). The van der Waals surface area contributed by atoms with Crippen LogP contribution < -0.4 is 10.6 Å². The Morgan fingerprint density at radius 3 is 2.79 bits per heavy atom. The third-order valence-electron chi connectivity index (χ3n) is 7.57. The summed E-state index contributed by atoms with van der Waals surface area (Å²) in [5.74, 6) is 4.11. The molecule has 3 N–H and O–H groups in total. The summed E-state index contributed by atoms with van der Waals surface area (Å²) in [6.45, 7) is 9.67. The Balaban J connectivity index is 1.29. The molecule has 0 amide bonds. The van der Waals surface area contributed by atoms with E-state index >= 15 is 0 Å². The van der Waals surface area contributed by atoms with Crippen molar-refractivity contribution in [1.82, 2.24) is 20.0 Å². The van der Waals surface area contributed by atoms with Gasteiger partial charge in [0.2, 0.25) is 5.95 Å². The largest absolute Gasteiger partial charge is 0.359 e. The molecule has 0 radical (unpaired) electrons. The molecular formula is C30H39N7O. The summed E-state index contributed by atoms with van der Waals surface area (Å²) in [4.78, 5) is 12.0. The number of likely N-dealkylation sites (tertiary alicyclic amines) is 1. The molecule has 1 saturated heterocycles. The quantitative estimate of drug-likeness (QED) is 0.156. The van der Waals surface area contributed by atoms with E-state index < -0.39 is 0 Å². The highest BCUT2D eigenvalue weighted by atomic mass is 16.5. The zero-order valence-electron chi connectivity index (χ0n) is 22.3. The first-order valence-electron chi connectivity index (χ1n) is 13.9. The van der Waals surface area contributed by atoms with Crippen LogP contribution in [0.1, 0.15) is 56.9 Å². The highest BCUT2D eigenvalue weighted by Gasteiger charge is 2.29. The predicted molar refractivity (Wildman–Crippen MR) is 152 cm³/mol. The van der Waals surface area contributed by atoms with Crippen LogP contribution in [0, 0.1) is 23.2 Å². The topological polar surface area (TPSA) is 103 Å². The number of hydrogen-bond donors (Lipinski definition) is 3. The molecule has 2 fully saturated rings. The van der Waals surface area contributed by atoms with Gasteiger partial charge >= 0.3 is 0 Å². The normalized spacial score (nSPS) is 18.9. The molecule has 3 aromatic rings. The molecule has 2 unspecified atom stereocenters. The van der Waals surface area contributed by atoms with Gasteiger partial charge in [0.15, 0.2) is 5.76 Å². The molecule has 0 bridgehead atoms. The summed E-state index contributed by atoms with van der Waals surface area (Å²) >= 11 is 0. The molecule has 200 valence electrons. The summed E-state index contributed by atoms with van der Waals surface area (Å²) in [5.41, 5.74) is 2.76. The van der Waals surface area contributed by atoms with Crippen molar-refractivity contribution >= 4 is 17.6 Å². The van der Waals surface area contributed by atoms with Crippen molar-refractivity contribution in [3.8, 4) is 11.3 Å². The van der Waals surface area contributed by atoms with Crippen molar-refractivity contribution in [3.63, 3.8) is 0 Å². The fraction of sp³-hybridized carbons (Fsp3) is 0.467. The van der Waals surface area contributed by atoms with Crippen LogP contribution in [0.15, 0.2) is 59.6 Å². The zero-order valence-corrected chi connectivity index (χ0v) is 22.3. The van der Waals surface area contributed by atoms with E-state index in [4.69, 9.17) is 19.9 Å². The molecule has 1 saturated carbocycles.